The molecule has 2 nitrogen and oxygen atoms in total. The molecule has 0 radical (unpaired) electrons. The fourth-order valence-corrected chi connectivity index (χ4v) is 5.50. The van der Waals surface area contributed by atoms with Gasteiger partial charge in [0.1, 0.15) is 0 Å². The molecule has 1 fully saturated rings. The molecule has 1 aliphatic carbocycles. The highest BCUT2D eigenvalue weighted by Gasteiger charge is 2.46. The van der Waals surface area contributed by atoms with Crippen LogP contribution in [-0.4, -0.2) is 23.5 Å². The van der Waals surface area contributed by atoms with Crippen LogP contribution in [0.3, 0.4) is 0 Å². The maximum Gasteiger partial charge on any atom is 0.0365 e. The van der Waals surface area contributed by atoms with Crippen molar-refractivity contribution >= 4 is 11.3 Å². The van der Waals surface area contributed by atoms with E-state index >= 15 is 0 Å². The van der Waals surface area contributed by atoms with Gasteiger partial charge in [-0.1, -0.05) is 26.7 Å². The average molecular weight is 292 g/mol. The van der Waals surface area contributed by atoms with Crippen LogP contribution in [0.5, 0.6) is 0 Å². The summed E-state index contributed by atoms with van der Waals surface area (Å²) in [6, 6.07) is 2.32. The van der Waals surface area contributed by atoms with Crippen LogP contribution in [0, 0.1) is 11.8 Å². The van der Waals surface area contributed by atoms with Gasteiger partial charge in [-0.25, -0.2) is 0 Å². The molecule has 1 aromatic heterocycles. The highest BCUT2D eigenvalue weighted by Crippen LogP contribution is 2.44. The van der Waals surface area contributed by atoms with Crippen molar-refractivity contribution in [3.8, 4) is 0 Å². The van der Waals surface area contributed by atoms with E-state index in [2.05, 4.69) is 30.2 Å². The molecule has 2 unspecified atom stereocenters. The first kappa shape index (κ1) is 14.6. The number of hydrogen-bond acceptors (Lipinski definition) is 3. The number of nitrogens with two attached hydrogens (primary N) is 1. The van der Waals surface area contributed by atoms with Crippen LogP contribution in [0.25, 0.3) is 0 Å². The summed E-state index contributed by atoms with van der Waals surface area (Å²) < 4.78 is 0. The van der Waals surface area contributed by atoms with Crippen LogP contribution < -0.4 is 5.73 Å². The lowest BCUT2D eigenvalue weighted by atomic mass is 9.66. The molecule has 1 aromatic rings. The first-order valence-corrected chi connectivity index (χ1v) is 9.05. The van der Waals surface area contributed by atoms with Crippen LogP contribution >= 0.6 is 11.3 Å². The first-order valence-electron chi connectivity index (χ1n) is 8.18. The molecule has 3 rings (SSSR count). The smallest absolute Gasteiger partial charge is 0.0365 e. The minimum atomic E-state index is 0.256. The Labute approximate surface area is 127 Å². The van der Waals surface area contributed by atoms with Gasteiger partial charge in [0.15, 0.2) is 0 Å². The van der Waals surface area contributed by atoms with E-state index < -0.39 is 0 Å². The third-order valence-corrected chi connectivity index (χ3v) is 6.68. The van der Waals surface area contributed by atoms with Gasteiger partial charge in [0.05, 0.1) is 0 Å². The van der Waals surface area contributed by atoms with Crippen LogP contribution in [-0.2, 0) is 13.0 Å². The van der Waals surface area contributed by atoms with E-state index in [1.165, 1.54) is 38.6 Å². The molecule has 1 aliphatic heterocycles. The lowest BCUT2D eigenvalue weighted by Crippen LogP contribution is -2.61. The normalized spacial score (nSPS) is 31.5. The fourth-order valence-electron chi connectivity index (χ4n) is 4.61. The third kappa shape index (κ3) is 2.34. The van der Waals surface area contributed by atoms with Gasteiger partial charge in [0, 0.05) is 30.1 Å². The van der Waals surface area contributed by atoms with Gasteiger partial charge in [-0.2, -0.15) is 0 Å². The molecule has 2 heterocycles. The second-order valence-corrected chi connectivity index (χ2v) is 7.95. The fraction of sp³-hybridized carbons (Fsp3) is 0.765. The SMILES string of the molecule is CC(C)C1CCCCC1(CN)N1CCc2sccc2C1. The van der Waals surface area contributed by atoms with Gasteiger partial charge in [-0.15, -0.1) is 11.3 Å². The van der Waals surface area contributed by atoms with Crippen molar-refractivity contribution in [2.45, 2.75) is 58.0 Å². The number of fused-ring (bicyclic) bond motifs is 1. The Kier molecular flexibility index (Phi) is 4.21. The zero-order chi connectivity index (χ0) is 14.2. The summed E-state index contributed by atoms with van der Waals surface area (Å²) in [4.78, 5) is 4.34. The molecule has 0 saturated heterocycles. The average Bonchev–Trinajstić information content (AvgIpc) is 2.94. The van der Waals surface area contributed by atoms with E-state index in [1.807, 2.05) is 11.3 Å². The highest BCUT2D eigenvalue weighted by atomic mass is 32.1. The van der Waals surface area contributed by atoms with Gasteiger partial charge in [-0.05, 0) is 48.1 Å². The van der Waals surface area contributed by atoms with Crippen LogP contribution in [0.15, 0.2) is 11.4 Å². The van der Waals surface area contributed by atoms with Crippen LogP contribution in [0.4, 0.5) is 0 Å². The Morgan fingerprint density at radius 2 is 2.30 bits per heavy atom. The summed E-state index contributed by atoms with van der Waals surface area (Å²) in [5, 5.41) is 2.25. The van der Waals surface area contributed by atoms with E-state index in [1.54, 1.807) is 10.4 Å². The quantitative estimate of drug-likeness (QED) is 0.921. The van der Waals surface area contributed by atoms with Gasteiger partial charge in [0.2, 0.25) is 0 Å². The predicted molar refractivity (Wildman–Crippen MR) is 87.0 cm³/mol. The van der Waals surface area contributed by atoms with Crippen molar-refractivity contribution in [1.82, 2.24) is 4.90 Å². The Morgan fingerprint density at radius 1 is 1.45 bits per heavy atom. The summed E-state index contributed by atoms with van der Waals surface area (Å²) in [7, 11) is 0. The largest absolute Gasteiger partial charge is 0.329 e. The summed E-state index contributed by atoms with van der Waals surface area (Å²) in [6.45, 7) is 7.93. The van der Waals surface area contributed by atoms with Gasteiger partial charge >= 0.3 is 0 Å². The number of rotatable bonds is 3. The molecule has 2 atom stereocenters. The molecule has 2 N–H and O–H groups in total. The number of thiophene rings is 1. The second-order valence-electron chi connectivity index (χ2n) is 6.94. The molecule has 0 bridgehead atoms. The lowest BCUT2D eigenvalue weighted by molar-refractivity contribution is -0.0224. The summed E-state index contributed by atoms with van der Waals surface area (Å²) in [6.07, 6.45) is 6.63. The molecular formula is C17H28N2S. The van der Waals surface area contributed by atoms with E-state index in [0.29, 0.717) is 0 Å². The number of hydrogen-bond donors (Lipinski definition) is 1. The van der Waals surface area contributed by atoms with Crippen molar-refractivity contribution in [1.29, 1.82) is 0 Å². The summed E-state index contributed by atoms with van der Waals surface area (Å²) >= 11 is 1.93. The minimum absolute atomic E-state index is 0.256. The Bertz CT molecular complexity index is 454. The molecule has 0 amide bonds. The van der Waals surface area contributed by atoms with E-state index in [4.69, 9.17) is 5.73 Å². The van der Waals surface area contributed by atoms with Crippen molar-refractivity contribution in [3.05, 3.63) is 21.9 Å². The molecule has 0 aromatic carbocycles. The van der Waals surface area contributed by atoms with E-state index in [0.717, 1.165) is 24.9 Å². The molecule has 3 heteroatoms. The standard InChI is InChI=1S/C17H28N2S/c1-13(2)15-5-3-4-8-17(15,12-18)19-9-6-16-14(11-19)7-10-20-16/h7,10,13,15H,3-6,8-9,11-12,18H2,1-2H3. The number of nitrogens with zero attached hydrogens (tertiary/aromatic N) is 1. The Morgan fingerprint density at radius 3 is 3.05 bits per heavy atom. The van der Waals surface area contributed by atoms with E-state index in [9.17, 15) is 0 Å². The van der Waals surface area contributed by atoms with Crippen LogP contribution in [0.2, 0.25) is 0 Å². The summed E-state index contributed by atoms with van der Waals surface area (Å²) in [5.74, 6) is 1.50. The zero-order valence-electron chi connectivity index (χ0n) is 12.9. The molecule has 20 heavy (non-hydrogen) atoms. The van der Waals surface area contributed by atoms with Crippen LogP contribution in [0.1, 0.15) is 50.0 Å². The molecular weight excluding hydrogens is 264 g/mol. The first-order chi connectivity index (χ1) is 9.67. The maximum absolute atomic E-state index is 6.35. The summed E-state index contributed by atoms with van der Waals surface area (Å²) in [5.41, 5.74) is 8.17. The van der Waals surface area contributed by atoms with Gasteiger partial charge < -0.3 is 5.73 Å². The predicted octanol–water partition coefficient (Wildman–Crippen LogP) is 3.65. The molecule has 0 spiro atoms. The Balaban J connectivity index is 1.88. The monoisotopic (exact) mass is 292 g/mol. The zero-order valence-corrected chi connectivity index (χ0v) is 13.7. The van der Waals surface area contributed by atoms with Gasteiger partial charge in [0.25, 0.3) is 0 Å². The molecule has 112 valence electrons. The molecule has 1 saturated carbocycles. The van der Waals surface area contributed by atoms with Crippen molar-refractivity contribution < 1.29 is 0 Å². The van der Waals surface area contributed by atoms with Crippen molar-refractivity contribution in [3.63, 3.8) is 0 Å². The maximum atomic E-state index is 6.35. The topological polar surface area (TPSA) is 29.3 Å². The van der Waals surface area contributed by atoms with Gasteiger partial charge in [-0.3, -0.25) is 4.90 Å². The van der Waals surface area contributed by atoms with Crippen molar-refractivity contribution in [2.24, 2.45) is 17.6 Å². The second kappa shape index (κ2) is 5.78. The Hall–Kier alpha value is -0.380. The van der Waals surface area contributed by atoms with Crippen molar-refractivity contribution in [2.75, 3.05) is 13.1 Å². The van der Waals surface area contributed by atoms with E-state index in [-0.39, 0.29) is 5.54 Å². The highest BCUT2D eigenvalue weighted by molar-refractivity contribution is 7.10. The molecule has 2 aliphatic rings. The minimum Gasteiger partial charge on any atom is -0.329 e. The third-order valence-electron chi connectivity index (χ3n) is 5.66. The lowest BCUT2D eigenvalue weighted by Gasteiger charge is -2.53.